The van der Waals surface area contributed by atoms with E-state index in [0.29, 0.717) is 6.08 Å². The van der Waals surface area contributed by atoms with E-state index in [4.69, 9.17) is 14.6 Å². The lowest BCUT2D eigenvalue weighted by atomic mass is 10.2. The molecule has 0 aliphatic heterocycles. The normalized spacial score (nSPS) is 12.1. The van der Waals surface area contributed by atoms with Crippen LogP contribution in [0.15, 0.2) is 62.8 Å². The van der Waals surface area contributed by atoms with E-state index in [-0.39, 0.29) is 4.90 Å². The average molecular weight is 340 g/mol. The van der Waals surface area contributed by atoms with Crippen molar-refractivity contribution in [2.75, 3.05) is 0 Å². The number of ketones is 1. The SMILES string of the molecule is O=C(O)/C(O)=C/C(=O)c1ccoc1S(=O)(=O)c1ccc(F)cc1. The minimum Gasteiger partial charge on any atom is -0.502 e. The van der Waals surface area contributed by atoms with E-state index in [0.717, 1.165) is 36.6 Å². The van der Waals surface area contributed by atoms with Gasteiger partial charge in [0.25, 0.3) is 0 Å². The van der Waals surface area contributed by atoms with Crippen molar-refractivity contribution < 1.29 is 37.0 Å². The third-order valence-corrected chi connectivity index (χ3v) is 4.45. The van der Waals surface area contributed by atoms with Crippen LogP contribution in [0, 0.1) is 5.82 Å². The average Bonchev–Trinajstić information content (AvgIpc) is 2.97. The zero-order valence-corrected chi connectivity index (χ0v) is 12.1. The second-order valence-corrected chi connectivity index (χ2v) is 6.13. The van der Waals surface area contributed by atoms with Crippen molar-refractivity contribution in [2.24, 2.45) is 0 Å². The molecule has 1 aromatic heterocycles. The van der Waals surface area contributed by atoms with E-state index in [1.807, 2.05) is 0 Å². The highest BCUT2D eigenvalue weighted by Gasteiger charge is 2.28. The van der Waals surface area contributed by atoms with Crippen LogP contribution in [0.25, 0.3) is 0 Å². The number of aliphatic carboxylic acids is 1. The number of carboxylic acid groups (broad SMARTS) is 1. The Morgan fingerprint density at radius 2 is 1.70 bits per heavy atom. The Morgan fingerprint density at radius 3 is 2.26 bits per heavy atom. The monoisotopic (exact) mass is 340 g/mol. The standard InChI is InChI=1S/C14H9FO7S/c15-8-1-3-9(4-2-8)23(20,21)14-10(5-6-22-14)11(16)7-12(17)13(18)19/h1-7,17H,(H,18,19)/b12-7-. The Morgan fingerprint density at radius 1 is 1.09 bits per heavy atom. The number of allylic oxidation sites excluding steroid dienone is 1. The van der Waals surface area contributed by atoms with Gasteiger partial charge in [0.1, 0.15) is 5.82 Å². The maximum atomic E-state index is 12.9. The van der Waals surface area contributed by atoms with Gasteiger partial charge >= 0.3 is 5.97 Å². The first-order valence-corrected chi connectivity index (χ1v) is 7.48. The van der Waals surface area contributed by atoms with Gasteiger partial charge < -0.3 is 14.6 Å². The first kappa shape index (κ1) is 16.4. The lowest BCUT2D eigenvalue weighted by Crippen LogP contribution is -2.08. The maximum absolute atomic E-state index is 12.9. The molecule has 1 aromatic carbocycles. The first-order chi connectivity index (χ1) is 10.7. The summed E-state index contributed by atoms with van der Waals surface area (Å²) in [5.41, 5.74) is -0.456. The fraction of sp³-hybridized carbons (Fsp3) is 0. The summed E-state index contributed by atoms with van der Waals surface area (Å²) in [4.78, 5) is 22.1. The van der Waals surface area contributed by atoms with E-state index in [9.17, 15) is 22.4 Å². The molecule has 0 bridgehead atoms. The van der Waals surface area contributed by atoms with Crippen molar-refractivity contribution in [1.29, 1.82) is 0 Å². The summed E-state index contributed by atoms with van der Waals surface area (Å²) < 4.78 is 42.5. The number of carboxylic acids is 1. The zero-order valence-electron chi connectivity index (χ0n) is 11.3. The summed E-state index contributed by atoms with van der Waals surface area (Å²) in [7, 11) is -4.26. The van der Waals surface area contributed by atoms with Gasteiger partial charge in [-0.15, -0.1) is 0 Å². The number of carbonyl (C=O) groups excluding carboxylic acids is 1. The van der Waals surface area contributed by atoms with Gasteiger partial charge in [0.2, 0.25) is 20.7 Å². The number of hydrogen-bond donors (Lipinski definition) is 2. The molecule has 0 aliphatic rings. The van der Waals surface area contributed by atoms with Crippen molar-refractivity contribution >= 4 is 21.6 Å². The van der Waals surface area contributed by atoms with Crippen LogP contribution in [-0.2, 0) is 14.6 Å². The Hall–Kier alpha value is -2.94. The molecule has 2 rings (SSSR count). The van der Waals surface area contributed by atoms with Crippen molar-refractivity contribution in [3.63, 3.8) is 0 Å². The lowest BCUT2D eigenvalue weighted by Gasteiger charge is -2.03. The van der Waals surface area contributed by atoms with Crippen molar-refractivity contribution in [3.05, 3.63) is 59.8 Å². The summed E-state index contributed by atoms with van der Waals surface area (Å²) in [6, 6.07) is 4.85. The third-order valence-electron chi connectivity index (χ3n) is 2.75. The fourth-order valence-electron chi connectivity index (χ4n) is 1.67. The van der Waals surface area contributed by atoms with Gasteiger partial charge in [-0.3, -0.25) is 4.79 Å². The van der Waals surface area contributed by atoms with Crippen LogP contribution in [0.1, 0.15) is 10.4 Å². The second kappa shape index (κ2) is 6.05. The molecule has 9 heteroatoms. The molecule has 23 heavy (non-hydrogen) atoms. The Bertz CT molecular complexity index is 891. The maximum Gasteiger partial charge on any atom is 0.371 e. The number of sulfone groups is 1. The van der Waals surface area contributed by atoms with Crippen LogP contribution in [-0.4, -0.2) is 30.4 Å². The Kier molecular flexibility index (Phi) is 4.32. The highest BCUT2D eigenvalue weighted by atomic mass is 32.2. The summed E-state index contributed by atoms with van der Waals surface area (Å²) in [5.74, 6) is -4.71. The largest absolute Gasteiger partial charge is 0.502 e. The molecule has 0 spiro atoms. The lowest BCUT2D eigenvalue weighted by molar-refractivity contribution is -0.135. The van der Waals surface area contributed by atoms with E-state index >= 15 is 0 Å². The molecule has 0 amide bonds. The summed E-state index contributed by atoms with van der Waals surface area (Å²) in [5, 5.41) is 16.8. The molecule has 2 N–H and O–H groups in total. The van der Waals surface area contributed by atoms with Crippen LogP contribution < -0.4 is 0 Å². The van der Waals surface area contributed by atoms with Crippen molar-refractivity contribution in [3.8, 4) is 0 Å². The minimum absolute atomic E-state index is 0.311. The quantitative estimate of drug-likeness (QED) is 0.369. The molecule has 2 aromatic rings. The predicted octanol–water partition coefficient (Wildman–Crippen LogP) is 1.96. The van der Waals surface area contributed by atoms with Gasteiger partial charge in [0.05, 0.1) is 16.7 Å². The first-order valence-electron chi connectivity index (χ1n) is 6.00. The minimum atomic E-state index is -4.26. The van der Waals surface area contributed by atoms with E-state index in [1.54, 1.807) is 0 Å². The van der Waals surface area contributed by atoms with Crippen LogP contribution in [0.3, 0.4) is 0 Å². The molecule has 0 saturated carbocycles. The van der Waals surface area contributed by atoms with Crippen LogP contribution in [0.5, 0.6) is 0 Å². The Labute approximate surface area is 129 Å². The molecule has 0 fully saturated rings. The highest BCUT2D eigenvalue weighted by molar-refractivity contribution is 7.91. The number of carbonyl (C=O) groups is 2. The highest BCUT2D eigenvalue weighted by Crippen LogP contribution is 2.26. The van der Waals surface area contributed by atoms with Crippen molar-refractivity contribution in [2.45, 2.75) is 9.99 Å². The number of hydrogen-bond acceptors (Lipinski definition) is 6. The summed E-state index contributed by atoms with van der Waals surface area (Å²) in [6.45, 7) is 0. The molecular formula is C14H9FO7S. The van der Waals surface area contributed by atoms with Gasteiger partial charge in [-0.2, -0.15) is 0 Å². The fourth-order valence-corrected chi connectivity index (χ4v) is 3.02. The molecule has 0 radical (unpaired) electrons. The van der Waals surface area contributed by atoms with Crippen molar-refractivity contribution in [1.82, 2.24) is 0 Å². The number of halogens is 1. The zero-order chi connectivity index (χ0) is 17.2. The van der Waals surface area contributed by atoms with Gasteiger partial charge in [-0.1, -0.05) is 0 Å². The van der Waals surface area contributed by atoms with E-state index in [2.05, 4.69) is 0 Å². The van der Waals surface area contributed by atoms with Crippen LogP contribution in [0.2, 0.25) is 0 Å². The molecular weight excluding hydrogens is 331 g/mol. The Balaban J connectivity index is 2.49. The number of furan rings is 1. The molecule has 0 atom stereocenters. The summed E-state index contributed by atoms with van der Waals surface area (Å²) >= 11 is 0. The number of aliphatic hydroxyl groups is 1. The predicted molar refractivity (Wildman–Crippen MR) is 73.2 cm³/mol. The summed E-state index contributed by atoms with van der Waals surface area (Å²) in [6.07, 6.45) is 1.28. The molecule has 1 heterocycles. The van der Waals surface area contributed by atoms with Gasteiger partial charge in [-0.25, -0.2) is 17.6 Å². The van der Waals surface area contributed by atoms with Gasteiger partial charge in [0, 0.05) is 6.08 Å². The molecule has 7 nitrogen and oxygen atoms in total. The van der Waals surface area contributed by atoms with Gasteiger partial charge in [0.15, 0.2) is 5.78 Å². The number of rotatable bonds is 5. The molecule has 0 aliphatic carbocycles. The van der Waals surface area contributed by atoms with Crippen LogP contribution in [0.4, 0.5) is 4.39 Å². The van der Waals surface area contributed by atoms with E-state index in [1.165, 1.54) is 0 Å². The van der Waals surface area contributed by atoms with E-state index < -0.39 is 43.8 Å². The molecule has 0 unspecified atom stereocenters. The molecule has 0 saturated heterocycles. The smallest absolute Gasteiger partial charge is 0.371 e. The van der Waals surface area contributed by atoms with Gasteiger partial charge in [-0.05, 0) is 30.3 Å². The third kappa shape index (κ3) is 3.29. The van der Waals surface area contributed by atoms with Crippen LogP contribution >= 0.6 is 0 Å². The number of benzene rings is 1. The molecule has 120 valence electrons. The topological polar surface area (TPSA) is 122 Å². The second-order valence-electron chi connectivity index (χ2n) is 4.28. The number of aliphatic hydroxyl groups excluding tert-OH is 1.